The topological polar surface area (TPSA) is 124 Å². The van der Waals surface area contributed by atoms with Crippen molar-refractivity contribution in [2.75, 3.05) is 19.0 Å². The number of hydrogen-bond donors (Lipinski definition) is 2. The van der Waals surface area contributed by atoms with Crippen LogP contribution in [-0.2, 0) is 16.0 Å². The van der Waals surface area contributed by atoms with Crippen molar-refractivity contribution in [3.63, 3.8) is 0 Å². The van der Waals surface area contributed by atoms with Gasteiger partial charge in [-0.15, -0.1) is 0 Å². The lowest BCUT2D eigenvalue weighted by Crippen LogP contribution is -2.34. The van der Waals surface area contributed by atoms with Crippen LogP contribution in [-0.4, -0.2) is 30.5 Å². The van der Waals surface area contributed by atoms with E-state index in [1.807, 2.05) is 0 Å². The molecule has 4 aromatic rings. The molecule has 0 spiro atoms. The summed E-state index contributed by atoms with van der Waals surface area (Å²) in [6, 6.07) is 13.4. The Bertz CT molecular complexity index is 1360. The molecule has 0 bridgehead atoms. The van der Waals surface area contributed by atoms with Gasteiger partial charge in [0.2, 0.25) is 22.8 Å². The van der Waals surface area contributed by atoms with E-state index in [9.17, 15) is 14.4 Å². The van der Waals surface area contributed by atoms with Crippen LogP contribution in [0.1, 0.15) is 11.3 Å². The minimum absolute atomic E-state index is 0.0297. The number of pyridine rings is 1. The van der Waals surface area contributed by atoms with E-state index in [0.29, 0.717) is 34.2 Å². The van der Waals surface area contributed by atoms with Gasteiger partial charge in [0.25, 0.3) is 0 Å². The molecule has 0 saturated carbocycles. The number of furan rings is 1. The zero-order valence-corrected chi connectivity index (χ0v) is 18.0. The molecule has 9 nitrogen and oxygen atoms in total. The number of nitrogens with one attached hydrogen (secondary N) is 2. The van der Waals surface area contributed by atoms with Gasteiger partial charge in [0.15, 0.2) is 5.58 Å². The number of methoxy groups -OCH3 is 1. The molecule has 0 aliphatic carbocycles. The molecule has 0 aliphatic heterocycles. The van der Waals surface area contributed by atoms with Crippen LogP contribution >= 0.6 is 0 Å². The van der Waals surface area contributed by atoms with Crippen LogP contribution in [0.2, 0.25) is 0 Å². The predicted molar refractivity (Wildman–Crippen MR) is 121 cm³/mol. The number of carbonyl (C=O) groups excluding carboxylic acids is 2. The summed E-state index contributed by atoms with van der Waals surface area (Å²) in [5, 5.41) is 5.17. The number of hydrogen-bond acceptors (Lipinski definition) is 7. The molecule has 168 valence electrons. The van der Waals surface area contributed by atoms with Gasteiger partial charge >= 0.3 is 0 Å². The predicted octanol–water partition coefficient (Wildman–Crippen LogP) is 3.06. The molecule has 2 N–H and O–H groups in total. The Morgan fingerprint density at radius 2 is 1.82 bits per heavy atom. The maximum Gasteiger partial charge on any atom is 0.244 e. The molecule has 4 rings (SSSR count). The Kier molecular flexibility index (Phi) is 6.21. The van der Waals surface area contributed by atoms with Crippen LogP contribution < -0.4 is 20.8 Å². The van der Waals surface area contributed by atoms with E-state index >= 15 is 0 Å². The summed E-state index contributed by atoms with van der Waals surface area (Å²) in [5.74, 6) is 0.914. The molecule has 1 aromatic carbocycles. The molecule has 0 aliphatic rings. The SMILES string of the molecule is COc1ccc(-c2oc3c(=O)cc(C)oc3c2CC(=O)NCC(=O)Nc2ccccn2)cc1. The summed E-state index contributed by atoms with van der Waals surface area (Å²) >= 11 is 0. The van der Waals surface area contributed by atoms with Crippen molar-refractivity contribution in [2.24, 2.45) is 0 Å². The molecule has 0 atom stereocenters. The lowest BCUT2D eigenvalue weighted by atomic mass is 10.1. The van der Waals surface area contributed by atoms with Crippen LogP contribution in [0.5, 0.6) is 5.75 Å². The van der Waals surface area contributed by atoms with Crippen molar-refractivity contribution in [3.05, 3.63) is 76.3 Å². The van der Waals surface area contributed by atoms with Gasteiger partial charge in [-0.1, -0.05) is 6.07 Å². The van der Waals surface area contributed by atoms with E-state index in [-0.39, 0.29) is 29.6 Å². The van der Waals surface area contributed by atoms with Crippen LogP contribution in [0, 0.1) is 6.92 Å². The minimum atomic E-state index is -0.437. The molecule has 3 aromatic heterocycles. The monoisotopic (exact) mass is 447 g/mol. The molecule has 9 heteroatoms. The van der Waals surface area contributed by atoms with Gasteiger partial charge in [-0.05, 0) is 43.3 Å². The van der Waals surface area contributed by atoms with Crippen LogP contribution in [0.3, 0.4) is 0 Å². The molecule has 0 radical (unpaired) electrons. The fourth-order valence-electron chi connectivity index (χ4n) is 3.32. The van der Waals surface area contributed by atoms with Gasteiger partial charge < -0.3 is 24.2 Å². The number of nitrogens with zero attached hydrogens (tertiary/aromatic N) is 1. The smallest absolute Gasteiger partial charge is 0.244 e. The molecular formula is C24H21N3O6. The lowest BCUT2D eigenvalue weighted by Gasteiger charge is -2.07. The van der Waals surface area contributed by atoms with Crippen LogP contribution in [0.4, 0.5) is 5.82 Å². The van der Waals surface area contributed by atoms with Crippen LogP contribution in [0.15, 0.2) is 68.4 Å². The van der Waals surface area contributed by atoms with Gasteiger partial charge in [0.1, 0.15) is 23.1 Å². The zero-order chi connectivity index (χ0) is 23.4. The average Bonchev–Trinajstić information content (AvgIpc) is 3.17. The van der Waals surface area contributed by atoms with Crippen molar-refractivity contribution >= 4 is 28.8 Å². The number of anilines is 1. The van der Waals surface area contributed by atoms with Crippen molar-refractivity contribution in [3.8, 4) is 17.1 Å². The summed E-state index contributed by atoms with van der Waals surface area (Å²) in [5.41, 5.74) is 0.958. The average molecular weight is 447 g/mol. The van der Waals surface area contributed by atoms with E-state index in [2.05, 4.69) is 15.6 Å². The molecule has 2 amide bonds. The van der Waals surface area contributed by atoms with Crippen molar-refractivity contribution in [2.45, 2.75) is 13.3 Å². The Labute approximate surface area is 188 Å². The molecular weight excluding hydrogens is 426 g/mol. The third-order valence-electron chi connectivity index (χ3n) is 4.85. The number of ether oxygens (including phenoxy) is 1. The number of aryl methyl sites for hydroxylation is 1. The maximum absolute atomic E-state index is 12.7. The second-order valence-electron chi connectivity index (χ2n) is 7.23. The van der Waals surface area contributed by atoms with Gasteiger partial charge in [-0.3, -0.25) is 14.4 Å². The first-order chi connectivity index (χ1) is 15.9. The van der Waals surface area contributed by atoms with Gasteiger partial charge in [0.05, 0.1) is 25.6 Å². The van der Waals surface area contributed by atoms with Crippen LogP contribution in [0.25, 0.3) is 22.5 Å². The summed E-state index contributed by atoms with van der Waals surface area (Å²) in [4.78, 5) is 41.2. The number of benzene rings is 1. The number of aromatic nitrogens is 1. The molecule has 0 unspecified atom stereocenters. The van der Waals surface area contributed by atoms with E-state index in [1.165, 1.54) is 6.07 Å². The second kappa shape index (κ2) is 9.39. The van der Waals surface area contributed by atoms with Crippen molar-refractivity contribution < 1.29 is 23.2 Å². The Balaban J connectivity index is 1.58. The van der Waals surface area contributed by atoms with Crippen molar-refractivity contribution in [1.82, 2.24) is 10.3 Å². The third kappa shape index (κ3) is 4.93. The summed E-state index contributed by atoms with van der Waals surface area (Å²) in [7, 11) is 1.56. The Hall–Kier alpha value is -4.40. The Morgan fingerprint density at radius 1 is 1.03 bits per heavy atom. The highest BCUT2D eigenvalue weighted by atomic mass is 16.5. The van der Waals surface area contributed by atoms with Gasteiger partial charge in [-0.25, -0.2) is 4.98 Å². The highest BCUT2D eigenvalue weighted by Crippen LogP contribution is 2.34. The number of rotatable bonds is 7. The fourth-order valence-corrected chi connectivity index (χ4v) is 3.32. The summed E-state index contributed by atoms with van der Waals surface area (Å²) in [6.07, 6.45) is 1.40. The second-order valence-corrected chi connectivity index (χ2v) is 7.23. The van der Waals surface area contributed by atoms with Gasteiger partial charge in [-0.2, -0.15) is 0 Å². The van der Waals surface area contributed by atoms with E-state index in [0.717, 1.165) is 0 Å². The zero-order valence-electron chi connectivity index (χ0n) is 18.0. The maximum atomic E-state index is 12.7. The number of carbonyl (C=O) groups is 2. The van der Waals surface area contributed by atoms with E-state index in [1.54, 1.807) is 62.7 Å². The summed E-state index contributed by atoms with van der Waals surface area (Å²) in [6.45, 7) is 1.40. The first-order valence-corrected chi connectivity index (χ1v) is 10.1. The highest BCUT2D eigenvalue weighted by Gasteiger charge is 2.23. The van der Waals surface area contributed by atoms with E-state index in [4.69, 9.17) is 13.6 Å². The largest absolute Gasteiger partial charge is 0.497 e. The third-order valence-corrected chi connectivity index (χ3v) is 4.85. The number of fused-ring (bicyclic) bond motifs is 1. The first kappa shape index (κ1) is 21.8. The highest BCUT2D eigenvalue weighted by molar-refractivity contribution is 5.95. The number of amides is 2. The first-order valence-electron chi connectivity index (χ1n) is 10.1. The standard InChI is InChI=1S/C24H21N3O6/c1-14-11-18(28)24-23(32-14)17(22(33-24)15-6-8-16(31-2)9-7-15)12-20(29)26-13-21(30)27-19-5-3-4-10-25-19/h3-11H,12-13H2,1-2H3,(H,26,29)(H,25,27,30). The summed E-state index contributed by atoms with van der Waals surface area (Å²) < 4.78 is 16.8. The molecule has 3 heterocycles. The van der Waals surface area contributed by atoms with Crippen molar-refractivity contribution in [1.29, 1.82) is 0 Å². The quantitative estimate of drug-likeness (QED) is 0.446. The minimum Gasteiger partial charge on any atom is -0.497 e. The lowest BCUT2D eigenvalue weighted by molar-refractivity contribution is -0.123. The molecule has 0 saturated heterocycles. The van der Waals surface area contributed by atoms with Gasteiger partial charge in [0, 0.05) is 17.8 Å². The molecule has 0 fully saturated rings. The normalized spacial score (nSPS) is 10.7. The Morgan fingerprint density at radius 3 is 2.52 bits per heavy atom. The molecule has 33 heavy (non-hydrogen) atoms. The van der Waals surface area contributed by atoms with E-state index < -0.39 is 11.8 Å². The fraction of sp³-hybridized carbons (Fsp3) is 0.167.